The van der Waals surface area contributed by atoms with E-state index in [1.54, 1.807) is 49.6 Å². The number of aromatic nitrogens is 1. The number of fused-ring (bicyclic) bond motifs is 1. The summed E-state index contributed by atoms with van der Waals surface area (Å²) in [5.41, 5.74) is 1.24. The number of H-pyrrole nitrogens is 1. The third-order valence-electron chi connectivity index (χ3n) is 3.18. The molecule has 0 fully saturated rings. The Balaban J connectivity index is 1.88. The molecule has 3 rings (SSSR count). The van der Waals surface area contributed by atoms with E-state index in [0.29, 0.717) is 28.0 Å². The maximum Gasteiger partial charge on any atom is 0.272 e. The zero-order chi connectivity index (χ0) is 14.8. The van der Waals surface area contributed by atoms with Crippen LogP contribution in [0.15, 0.2) is 48.5 Å². The van der Waals surface area contributed by atoms with Crippen molar-refractivity contribution in [1.82, 2.24) is 4.98 Å². The van der Waals surface area contributed by atoms with Crippen molar-refractivity contribution in [2.24, 2.45) is 0 Å². The summed E-state index contributed by atoms with van der Waals surface area (Å²) in [6.07, 6.45) is 0. The zero-order valence-corrected chi connectivity index (χ0v) is 11.3. The number of amides is 1. The lowest BCUT2D eigenvalue weighted by atomic mass is 10.2. The predicted molar refractivity (Wildman–Crippen MR) is 79.2 cm³/mol. The molecule has 0 saturated carbocycles. The van der Waals surface area contributed by atoms with Gasteiger partial charge in [0.05, 0.1) is 12.6 Å². The molecule has 1 aromatic heterocycles. The second kappa shape index (κ2) is 5.28. The molecule has 0 saturated heterocycles. The maximum atomic E-state index is 13.6. The fraction of sp³-hybridized carbons (Fsp3) is 0.0625. The van der Waals surface area contributed by atoms with Crippen molar-refractivity contribution in [3.63, 3.8) is 0 Å². The second-order valence-electron chi connectivity index (χ2n) is 4.57. The minimum atomic E-state index is -0.382. The number of hydrogen-bond donors (Lipinski definition) is 2. The van der Waals surface area contributed by atoms with Gasteiger partial charge in [-0.25, -0.2) is 4.39 Å². The molecule has 1 heterocycles. The van der Waals surface area contributed by atoms with E-state index in [1.807, 2.05) is 0 Å². The Morgan fingerprint density at radius 2 is 2.00 bits per heavy atom. The van der Waals surface area contributed by atoms with Crippen molar-refractivity contribution in [1.29, 1.82) is 0 Å². The standard InChI is InChI=1S/C16H13FN2O2/c1-21-12-6-3-5-11(9-12)18-16(20)14-8-10-4-2-7-13(17)15(10)19-14/h2-9,19H,1H3,(H,18,20). The molecule has 106 valence electrons. The van der Waals surface area contributed by atoms with Crippen LogP contribution in [0.1, 0.15) is 10.5 Å². The zero-order valence-electron chi connectivity index (χ0n) is 11.3. The first-order chi connectivity index (χ1) is 10.2. The lowest BCUT2D eigenvalue weighted by molar-refractivity contribution is 0.102. The molecule has 2 aromatic carbocycles. The van der Waals surface area contributed by atoms with Gasteiger partial charge < -0.3 is 15.0 Å². The molecular formula is C16H13FN2O2. The van der Waals surface area contributed by atoms with E-state index in [2.05, 4.69) is 10.3 Å². The molecule has 0 unspecified atom stereocenters. The molecule has 2 N–H and O–H groups in total. The van der Waals surface area contributed by atoms with Crippen LogP contribution >= 0.6 is 0 Å². The topological polar surface area (TPSA) is 54.1 Å². The molecule has 0 bridgehead atoms. The van der Waals surface area contributed by atoms with Gasteiger partial charge in [0, 0.05) is 17.1 Å². The molecular weight excluding hydrogens is 271 g/mol. The Labute approximate surface area is 120 Å². The molecule has 0 aliphatic heterocycles. The van der Waals surface area contributed by atoms with Crippen LogP contribution in [-0.4, -0.2) is 18.0 Å². The normalized spacial score (nSPS) is 10.6. The van der Waals surface area contributed by atoms with Crippen LogP contribution in [0, 0.1) is 5.82 Å². The highest BCUT2D eigenvalue weighted by atomic mass is 19.1. The Kier molecular flexibility index (Phi) is 3.31. The number of benzene rings is 2. The third kappa shape index (κ3) is 2.58. The SMILES string of the molecule is COc1cccc(NC(=O)c2cc3cccc(F)c3[nH]2)c1. The molecule has 21 heavy (non-hydrogen) atoms. The Morgan fingerprint density at radius 1 is 1.19 bits per heavy atom. The minimum absolute atomic E-state index is 0.304. The number of ether oxygens (including phenoxy) is 1. The molecule has 0 aliphatic carbocycles. The van der Waals surface area contributed by atoms with Crippen molar-refractivity contribution in [3.8, 4) is 5.75 Å². The summed E-state index contributed by atoms with van der Waals surface area (Å²) in [6.45, 7) is 0. The lowest BCUT2D eigenvalue weighted by Crippen LogP contribution is -2.12. The van der Waals surface area contributed by atoms with Gasteiger partial charge >= 0.3 is 0 Å². The van der Waals surface area contributed by atoms with Gasteiger partial charge in [-0.15, -0.1) is 0 Å². The summed E-state index contributed by atoms with van der Waals surface area (Å²) in [6, 6.07) is 13.3. The number of hydrogen-bond acceptors (Lipinski definition) is 2. The average molecular weight is 284 g/mol. The number of aromatic amines is 1. The van der Waals surface area contributed by atoms with Crippen molar-refractivity contribution in [2.45, 2.75) is 0 Å². The van der Waals surface area contributed by atoms with Crippen LogP contribution < -0.4 is 10.1 Å². The van der Waals surface area contributed by atoms with Crippen LogP contribution in [0.2, 0.25) is 0 Å². The molecule has 0 aliphatic rings. The number of anilines is 1. The smallest absolute Gasteiger partial charge is 0.272 e. The number of nitrogens with one attached hydrogen (secondary N) is 2. The third-order valence-corrected chi connectivity index (χ3v) is 3.18. The van der Waals surface area contributed by atoms with Crippen molar-refractivity contribution in [3.05, 3.63) is 60.0 Å². The van der Waals surface area contributed by atoms with Crippen LogP contribution in [0.3, 0.4) is 0 Å². The average Bonchev–Trinajstić information content (AvgIpc) is 2.93. The summed E-state index contributed by atoms with van der Waals surface area (Å²) >= 11 is 0. The van der Waals surface area contributed by atoms with Crippen molar-refractivity contribution >= 4 is 22.5 Å². The number of carbonyl (C=O) groups is 1. The summed E-state index contributed by atoms with van der Waals surface area (Å²) in [5.74, 6) is -0.0673. The molecule has 5 heteroatoms. The van der Waals surface area contributed by atoms with Gasteiger partial charge in [-0.3, -0.25) is 4.79 Å². The van der Waals surface area contributed by atoms with E-state index < -0.39 is 0 Å². The summed E-state index contributed by atoms with van der Waals surface area (Å²) < 4.78 is 18.7. The number of halogens is 1. The van der Waals surface area contributed by atoms with Gasteiger partial charge in [-0.2, -0.15) is 0 Å². The van der Waals surface area contributed by atoms with E-state index in [4.69, 9.17) is 4.74 Å². The number of rotatable bonds is 3. The first kappa shape index (κ1) is 13.2. The van der Waals surface area contributed by atoms with Gasteiger partial charge in [0.25, 0.3) is 5.91 Å². The highest BCUT2D eigenvalue weighted by molar-refractivity contribution is 6.06. The summed E-state index contributed by atoms with van der Waals surface area (Å²) in [4.78, 5) is 15.0. The quantitative estimate of drug-likeness (QED) is 0.772. The van der Waals surface area contributed by atoms with Gasteiger partial charge in [-0.1, -0.05) is 18.2 Å². The highest BCUT2D eigenvalue weighted by Crippen LogP contribution is 2.20. The Hall–Kier alpha value is -2.82. The number of para-hydroxylation sites is 1. The monoisotopic (exact) mass is 284 g/mol. The van der Waals surface area contributed by atoms with Gasteiger partial charge in [-0.05, 0) is 24.3 Å². The molecule has 4 nitrogen and oxygen atoms in total. The Bertz CT molecular complexity index is 811. The summed E-state index contributed by atoms with van der Waals surface area (Å²) in [7, 11) is 1.56. The fourth-order valence-corrected chi connectivity index (χ4v) is 2.14. The van der Waals surface area contributed by atoms with E-state index in [9.17, 15) is 9.18 Å². The second-order valence-corrected chi connectivity index (χ2v) is 4.57. The maximum absolute atomic E-state index is 13.6. The molecule has 0 radical (unpaired) electrons. The van der Waals surface area contributed by atoms with Crippen LogP contribution in [0.25, 0.3) is 10.9 Å². The van der Waals surface area contributed by atoms with Gasteiger partial charge in [0.15, 0.2) is 0 Å². The predicted octanol–water partition coefficient (Wildman–Crippen LogP) is 3.57. The largest absolute Gasteiger partial charge is 0.497 e. The molecule has 3 aromatic rings. The van der Waals surface area contributed by atoms with Crippen LogP contribution in [0.5, 0.6) is 5.75 Å². The van der Waals surface area contributed by atoms with E-state index in [1.165, 1.54) is 6.07 Å². The van der Waals surface area contributed by atoms with Crippen molar-refractivity contribution in [2.75, 3.05) is 12.4 Å². The van der Waals surface area contributed by atoms with E-state index >= 15 is 0 Å². The molecule has 0 atom stereocenters. The van der Waals surface area contributed by atoms with E-state index in [-0.39, 0.29) is 11.7 Å². The summed E-state index contributed by atoms with van der Waals surface area (Å²) in [5, 5.41) is 3.40. The van der Waals surface area contributed by atoms with Crippen molar-refractivity contribution < 1.29 is 13.9 Å². The Morgan fingerprint density at radius 3 is 2.76 bits per heavy atom. The van der Waals surface area contributed by atoms with E-state index in [0.717, 1.165) is 0 Å². The number of methoxy groups -OCH3 is 1. The fourth-order valence-electron chi connectivity index (χ4n) is 2.14. The van der Waals surface area contributed by atoms with Gasteiger partial charge in [0.2, 0.25) is 0 Å². The molecule has 0 spiro atoms. The first-order valence-electron chi connectivity index (χ1n) is 6.40. The minimum Gasteiger partial charge on any atom is -0.497 e. The van der Waals surface area contributed by atoms with Crippen LogP contribution in [-0.2, 0) is 0 Å². The first-order valence-corrected chi connectivity index (χ1v) is 6.40. The lowest BCUT2D eigenvalue weighted by Gasteiger charge is -2.05. The van der Waals surface area contributed by atoms with Gasteiger partial charge in [0.1, 0.15) is 17.3 Å². The molecule has 1 amide bonds. The van der Waals surface area contributed by atoms with Crippen LogP contribution in [0.4, 0.5) is 10.1 Å². The number of carbonyl (C=O) groups excluding carboxylic acids is 1. The highest BCUT2D eigenvalue weighted by Gasteiger charge is 2.12.